The van der Waals surface area contributed by atoms with Gasteiger partial charge in [-0.1, -0.05) is 54.1 Å². The molecule has 0 unspecified atom stereocenters. The smallest absolute Gasteiger partial charge is 0.211 e. The number of hydrogen-bond donors (Lipinski definition) is 0. The Bertz CT molecular complexity index is 961. The van der Waals surface area contributed by atoms with E-state index in [0.29, 0.717) is 5.78 Å². The highest BCUT2D eigenvalue weighted by Crippen LogP contribution is 2.34. The molecular formula is C17H11ClN4. The zero-order chi connectivity index (χ0) is 14.9. The summed E-state index contributed by atoms with van der Waals surface area (Å²) in [7, 11) is 0. The number of fused-ring (bicyclic) bond motifs is 1. The minimum absolute atomic E-state index is 0.575. The van der Waals surface area contributed by atoms with Gasteiger partial charge in [-0.15, -0.1) is 0 Å². The van der Waals surface area contributed by atoms with Crippen LogP contribution in [0.25, 0.3) is 28.2 Å². The highest BCUT2D eigenvalue weighted by atomic mass is 35.5. The third kappa shape index (κ3) is 2.14. The Morgan fingerprint density at radius 3 is 2.36 bits per heavy atom. The molecule has 4 aromatic rings. The topological polar surface area (TPSA) is 43.1 Å². The van der Waals surface area contributed by atoms with Gasteiger partial charge >= 0.3 is 0 Å². The van der Waals surface area contributed by atoms with Crippen molar-refractivity contribution >= 4 is 17.4 Å². The van der Waals surface area contributed by atoms with Crippen molar-refractivity contribution in [2.45, 2.75) is 0 Å². The fourth-order valence-electron chi connectivity index (χ4n) is 2.49. The quantitative estimate of drug-likeness (QED) is 0.559. The summed E-state index contributed by atoms with van der Waals surface area (Å²) < 4.78 is 1.64. The Morgan fingerprint density at radius 1 is 0.818 bits per heavy atom. The van der Waals surface area contributed by atoms with Crippen molar-refractivity contribution < 1.29 is 0 Å². The largest absolute Gasteiger partial charge is 0.252 e. The maximum absolute atomic E-state index is 6.35. The summed E-state index contributed by atoms with van der Waals surface area (Å²) >= 11 is 6.35. The Hall–Kier alpha value is -2.72. The Kier molecular flexibility index (Phi) is 3.09. The summed E-state index contributed by atoms with van der Waals surface area (Å²) in [6.45, 7) is 0. The molecule has 2 aromatic carbocycles. The van der Waals surface area contributed by atoms with Crippen molar-refractivity contribution in [3.05, 3.63) is 72.1 Å². The minimum Gasteiger partial charge on any atom is -0.211 e. The summed E-state index contributed by atoms with van der Waals surface area (Å²) in [4.78, 5) is 8.71. The molecule has 4 rings (SSSR count). The number of benzene rings is 2. The lowest BCUT2D eigenvalue weighted by Crippen LogP contribution is -1.94. The summed E-state index contributed by atoms with van der Waals surface area (Å²) in [5, 5.41) is 4.79. The standard InChI is InChI=1S/C17H11ClN4/c18-15-8-4-3-6-13(15)12-5-1-2-7-14(12)16-9-10-22-17(21-16)19-11-20-22/h1-11H. The molecule has 0 bridgehead atoms. The second-order valence-corrected chi connectivity index (χ2v) is 5.25. The molecule has 0 saturated heterocycles. The molecule has 0 radical (unpaired) electrons. The van der Waals surface area contributed by atoms with Crippen LogP contribution < -0.4 is 0 Å². The van der Waals surface area contributed by atoms with Gasteiger partial charge in [0.15, 0.2) is 0 Å². The lowest BCUT2D eigenvalue weighted by atomic mass is 9.97. The Morgan fingerprint density at radius 2 is 1.55 bits per heavy atom. The van der Waals surface area contributed by atoms with E-state index in [0.717, 1.165) is 27.4 Å². The van der Waals surface area contributed by atoms with Crippen LogP contribution in [-0.2, 0) is 0 Å². The van der Waals surface area contributed by atoms with Crippen molar-refractivity contribution in [1.29, 1.82) is 0 Å². The first kappa shape index (κ1) is 13.0. The molecular weight excluding hydrogens is 296 g/mol. The Labute approximate surface area is 132 Å². The molecule has 0 fully saturated rings. The normalized spacial score (nSPS) is 11.0. The first-order valence-corrected chi connectivity index (χ1v) is 7.21. The van der Waals surface area contributed by atoms with Gasteiger partial charge in [-0.25, -0.2) is 9.50 Å². The zero-order valence-electron chi connectivity index (χ0n) is 11.5. The second-order valence-electron chi connectivity index (χ2n) is 4.84. The van der Waals surface area contributed by atoms with Gasteiger partial charge in [0.05, 0.1) is 5.69 Å². The second kappa shape index (κ2) is 5.24. The summed E-state index contributed by atoms with van der Waals surface area (Å²) in [6, 6.07) is 17.8. The van der Waals surface area contributed by atoms with E-state index in [2.05, 4.69) is 15.1 Å². The molecule has 22 heavy (non-hydrogen) atoms. The highest BCUT2D eigenvalue weighted by Gasteiger charge is 2.11. The first-order chi connectivity index (χ1) is 10.8. The number of halogens is 1. The summed E-state index contributed by atoms with van der Waals surface area (Å²) in [6.07, 6.45) is 3.35. The van der Waals surface area contributed by atoms with E-state index in [1.165, 1.54) is 6.33 Å². The van der Waals surface area contributed by atoms with Crippen LogP contribution in [0.1, 0.15) is 0 Å². The molecule has 0 aliphatic carbocycles. The van der Waals surface area contributed by atoms with Crippen LogP contribution in [0.4, 0.5) is 0 Å². The van der Waals surface area contributed by atoms with Crippen molar-refractivity contribution in [3.63, 3.8) is 0 Å². The molecule has 0 spiro atoms. The highest BCUT2D eigenvalue weighted by molar-refractivity contribution is 6.33. The van der Waals surface area contributed by atoms with Crippen LogP contribution in [-0.4, -0.2) is 19.6 Å². The van der Waals surface area contributed by atoms with E-state index >= 15 is 0 Å². The van der Waals surface area contributed by atoms with Gasteiger partial charge in [-0.2, -0.15) is 10.1 Å². The van der Waals surface area contributed by atoms with Gasteiger partial charge in [0.25, 0.3) is 5.78 Å². The average molecular weight is 307 g/mol. The van der Waals surface area contributed by atoms with Gasteiger partial charge in [-0.3, -0.25) is 0 Å². The van der Waals surface area contributed by atoms with E-state index in [9.17, 15) is 0 Å². The zero-order valence-corrected chi connectivity index (χ0v) is 12.3. The van der Waals surface area contributed by atoms with Crippen LogP contribution in [0.3, 0.4) is 0 Å². The maximum Gasteiger partial charge on any atom is 0.252 e. The van der Waals surface area contributed by atoms with Crippen molar-refractivity contribution in [2.75, 3.05) is 0 Å². The molecule has 106 valence electrons. The van der Waals surface area contributed by atoms with E-state index < -0.39 is 0 Å². The number of rotatable bonds is 2. The van der Waals surface area contributed by atoms with Crippen LogP contribution in [0.2, 0.25) is 5.02 Å². The van der Waals surface area contributed by atoms with Gasteiger partial charge < -0.3 is 0 Å². The minimum atomic E-state index is 0.575. The van der Waals surface area contributed by atoms with E-state index in [1.807, 2.05) is 60.8 Å². The van der Waals surface area contributed by atoms with E-state index in [1.54, 1.807) is 4.52 Å². The SMILES string of the molecule is Clc1ccccc1-c1ccccc1-c1ccn2ncnc2n1. The van der Waals surface area contributed by atoms with Crippen LogP contribution >= 0.6 is 11.6 Å². The molecule has 0 aliphatic heterocycles. The van der Waals surface area contributed by atoms with Crippen LogP contribution in [0.5, 0.6) is 0 Å². The molecule has 2 aromatic heterocycles. The number of nitrogens with zero attached hydrogens (tertiary/aromatic N) is 4. The van der Waals surface area contributed by atoms with Crippen molar-refractivity contribution in [3.8, 4) is 22.4 Å². The summed E-state index contributed by atoms with van der Waals surface area (Å²) in [5.74, 6) is 0.575. The number of aromatic nitrogens is 4. The van der Waals surface area contributed by atoms with Crippen LogP contribution in [0.15, 0.2) is 67.1 Å². The molecule has 0 amide bonds. The van der Waals surface area contributed by atoms with Crippen molar-refractivity contribution in [1.82, 2.24) is 19.6 Å². The van der Waals surface area contributed by atoms with Crippen molar-refractivity contribution in [2.24, 2.45) is 0 Å². The fourth-order valence-corrected chi connectivity index (χ4v) is 2.72. The van der Waals surface area contributed by atoms with E-state index in [4.69, 9.17) is 11.6 Å². The van der Waals surface area contributed by atoms with Gasteiger partial charge in [0.1, 0.15) is 6.33 Å². The monoisotopic (exact) mass is 306 g/mol. The van der Waals surface area contributed by atoms with E-state index in [-0.39, 0.29) is 0 Å². The third-order valence-corrected chi connectivity index (χ3v) is 3.84. The van der Waals surface area contributed by atoms with Gasteiger partial charge in [-0.05, 0) is 17.7 Å². The maximum atomic E-state index is 6.35. The fraction of sp³-hybridized carbons (Fsp3) is 0. The van der Waals surface area contributed by atoms with Crippen LogP contribution in [0, 0.1) is 0 Å². The molecule has 0 N–H and O–H groups in total. The average Bonchev–Trinajstić information content (AvgIpc) is 3.03. The Balaban J connectivity index is 1.94. The summed E-state index contributed by atoms with van der Waals surface area (Å²) in [5.41, 5.74) is 3.89. The lowest BCUT2D eigenvalue weighted by Gasteiger charge is -2.10. The lowest BCUT2D eigenvalue weighted by molar-refractivity contribution is 0.941. The molecule has 0 atom stereocenters. The van der Waals surface area contributed by atoms with Gasteiger partial charge in [0, 0.05) is 22.3 Å². The molecule has 0 aliphatic rings. The molecule has 2 heterocycles. The molecule has 4 nitrogen and oxygen atoms in total. The molecule has 5 heteroatoms. The third-order valence-electron chi connectivity index (χ3n) is 3.52. The number of hydrogen-bond acceptors (Lipinski definition) is 3. The predicted octanol–water partition coefficient (Wildman–Crippen LogP) is 4.11. The molecule has 0 saturated carbocycles. The van der Waals surface area contributed by atoms with Gasteiger partial charge in [0.2, 0.25) is 0 Å². The first-order valence-electron chi connectivity index (χ1n) is 6.83. The predicted molar refractivity (Wildman–Crippen MR) is 86.7 cm³/mol.